The number of nitrogens with zero attached hydrogens (tertiary/aromatic N) is 1. The van der Waals surface area contributed by atoms with Crippen LogP contribution in [0.3, 0.4) is 0 Å². The molecule has 31 heavy (non-hydrogen) atoms. The van der Waals surface area contributed by atoms with Gasteiger partial charge in [0, 0.05) is 25.8 Å². The molecule has 0 radical (unpaired) electrons. The summed E-state index contributed by atoms with van der Waals surface area (Å²) in [5, 5.41) is 11.0. The molecule has 0 bridgehead atoms. The van der Waals surface area contributed by atoms with Crippen molar-refractivity contribution in [3.05, 3.63) is 64.7 Å². The number of aryl methyl sites for hydroxylation is 1. The highest BCUT2D eigenvalue weighted by Crippen LogP contribution is 2.42. The van der Waals surface area contributed by atoms with E-state index in [0.717, 1.165) is 5.56 Å². The molecular formula is C24H27NO6. The summed E-state index contributed by atoms with van der Waals surface area (Å²) >= 11 is 0. The molecule has 1 aliphatic heterocycles. The van der Waals surface area contributed by atoms with E-state index >= 15 is 0 Å². The number of ketones is 1. The van der Waals surface area contributed by atoms with E-state index in [1.807, 2.05) is 19.1 Å². The summed E-state index contributed by atoms with van der Waals surface area (Å²) < 4.78 is 15.8. The van der Waals surface area contributed by atoms with Crippen LogP contribution < -0.4 is 9.47 Å². The van der Waals surface area contributed by atoms with E-state index in [4.69, 9.17) is 14.2 Å². The number of ether oxygens (including phenoxy) is 3. The second-order valence-electron chi connectivity index (χ2n) is 7.32. The molecule has 7 nitrogen and oxygen atoms in total. The molecule has 7 heteroatoms. The van der Waals surface area contributed by atoms with Crippen molar-refractivity contribution in [2.75, 3.05) is 34.5 Å². The third kappa shape index (κ3) is 4.41. The standard InChI is InChI=1S/C24H27NO6/c1-15-6-8-16(9-7-15)22(26)20-21(17-10-11-18(30-3)19(14-17)31-4)25(12-5-13-29-2)24(28)23(20)27/h6-11,14,21,26H,5,12-13H2,1-4H3/b22-20+/t21-/m1/s1. The van der Waals surface area contributed by atoms with Gasteiger partial charge in [0.25, 0.3) is 11.7 Å². The third-order valence-electron chi connectivity index (χ3n) is 5.34. The summed E-state index contributed by atoms with van der Waals surface area (Å²) in [6.07, 6.45) is 0.553. The molecule has 0 aliphatic carbocycles. The zero-order valence-electron chi connectivity index (χ0n) is 18.2. The van der Waals surface area contributed by atoms with Crippen molar-refractivity contribution in [1.29, 1.82) is 0 Å². The van der Waals surface area contributed by atoms with E-state index in [0.29, 0.717) is 42.2 Å². The predicted molar refractivity (Wildman–Crippen MR) is 116 cm³/mol. The average Bonchev–Trinajstić information content (AvgIpc) is 3.03. The number of Topliss-reactive ketones (excluding diaryl/α,β-unsaturated/α-hetero) is 1. The van der Waals surface area contributed by atoms with E-state index in [1.165, 1.54) is 19.1 Å². The van der Waals surface area contributed by atoms with Gasteiger partial charge in [0.2, 0.25) is 0 Å². The van der Waals surface area contributed by atoms with Crippen molar-refractivity contribution in [3.8, 4) is 11.5 Å². The van der Waals surface area contributed by atoms with Crippen LogP contribution in [-0.4, -0.2) is 56.2 Å². The summed E-state index contributed by atoms with van der Waals surface area (Å²) in [7, 11) is 4.63. The van der Waals surface area contributed by atoms with E-state index in [-0.39, 0.29) is 11.3 Å². The Balaban J connectivity index is 2.15. The van der Waals surface area contributed by atoms with Crippen LogP contribution >= 0.6 is 0 Å². The highest BCUT2D eigenvalue weighted by molar-refractivity contribution is 6.46. The Morgan fingerprint density at radius 2 is 1.68 bits per heavy atom. The molecule has 0 aromatic heterocycles. The van der Waals surface area contributed by atoms with E-state index in [1.54, 1.807) is 37.4 Å². The number of aliphatic hydroxyl groups is 1. The molecule has 0 unspecified atom stereocenters. The van der Waals surface area contributed by atoms with Crippen LogP contribution in [0.25, 0.3) is 5.76 Å². The van der Waals surface area contributed by atoms with Crippen LogP contribution in [0.1, 0.15) is 29.2 Å². The smallest absolute Gasteiger partial charge is 0.295 e. The predicted octanol–water partition coefficient (Wildman–Crippen LogP) is 3.47. The first kappa shape index (κ1) is 22.4. The van der Waals surface area contributed by atoms with Gasteiger partial charge < -0.3 is 24.2 Å². The number of hydrogen-bond acceptors (Lipinski definition) is 6. The molecule has 1 aliphatic rings. The number of aliphatic hydroxyl groups excluding tert-OH is 1. The van der Waals surface area contributed by atoms with Gasteiger partial charge >= 0.3 is 0 Å². The maximum absolute atomic E-state index is 13.0. The summed E-state index contributed by atoms with van der Waals surface area (Å²) in [5.41, 5.74) is 2.19. The number of hydrogen-bond donors (Lipinski definition) is 1. The van der Waals surface area contributed by atoms with Crippen LogP contribution in [0.4, 0.5) is 0 Å². The van der Waals surface area contributed by atoms with E-state index < -0.39 is 17.7 Å². The summed E-state index contributed by atoms with van der Waals surface area (Å²) in [6, 6.07) is 11.6. The zero-order chi connectivity index (χ0) is 22.5. The zero-order valence-corrected chi connectivity index (χ0v) is 18.2. The number of carbonyl (C=O) groups excluding carboxylic acids is 2. The molecule has 1 saturated heterocycles. The number of carbonyl (C=O) groups is 2. The number of methoxy groups -OCH3 is 3. The Labute approximate surface area is 181 Å². The monoisotopic (exact) mass is 425 g/mol. The normalized spacial score (nSPS) is 17.8. The van der Waals surface area contributed by atoms with Gasteiger partial charge in [-0.15, -0.1) is 0 Å². The Morgan fingerprint density at radius 3 is 2.29 bits per heavy atom. The van der Waals surface area contributed by atoms with Crippen LogP contribution in [-0.2, 0) is 14.3 Å². The van der Waals surface area contributed by atoms with Crippen LogP contribution in [0.15, 0.2) is 48.0 Å². The molecule has 1 N–H and O–H groups in total. The SMILES string of the molecule is COCCCN1C(=O)C(=O)/C(=C(/O)c2ccc(C)cc2)[C@H]1c1ccc(OC)c(OC)c1. The van der Waals surface area contributed by atoms with Gasteiger partial charge in [0.15, 0.2) is 11.5 Å². The van der Waals surface area contributed by atoms with Gasteiger partial charge in [-0.2, -0.15) is 0 Å². The largest absolute Gasteiger partial charge is 0.507 e. The lowest BCUT2D eigenvalue weighted by Crippen LogP contribution is -2.31. The van der Waals surface area contributed by atoms with Gasteiger partial charge in [0.05, 0.1) is 25.8 Å². The first-order valence-electron chi connectivity index (χ1n) is 9.99. The Morgan fingerprint density at radius 1 is 1.00 bits per heavy atom. The van der Waals surface area contributed by atoms with Gasteiger partial charge in [-0.3, -0.25) is 9.59 Å². The Hall–Kier alpha value is -3.32. The van der Waals surface area contributed by atoms with E-state index in [9.17, 15) is 14.7 Å². The molecular weight excluding hydrogens is 398 g/mol. The number of likely N-dealkylation sites (tertiary alicyclic amines) is 1. The summed E-state index contributed by atoms with van der Waals surface area (Å²) in [4.78, 5) is 27.4. The highest BCUT2D eigenvalue weighted by atomic mass is 16.5. The van der Waals surface area contributed by atoms with Crippen LogP contribution in [0.2, 0.25) is 0 Å². The molecule has 1 fully saturated rings. The quantitative estimate of drug-likeness (QED) is 0.302. The lowest BCUT2D eigenvalue weighted by molar-refractivity contribution is -0.140. The van der Waals surface area contributed by atoms with Gasteiger partial charge in [0.1, 0.15) is 5.76 Å². The second kappa shape index (κ2) is 9.66. The number of rotatable bonds is 8. The van der Waals surface area contributed by atoms with Crippen molar-refractivity contribution in [3.63, 3.8) is 0 Å². The lowest BCUT2D eigenvalue weighted by Gasteiger charge is -2.26. The van der Waals surface area contributed by atoms with E-state index in [2.05, 4.69) is 0 Å². The summed E-state index contributed by atoms with van der Waals surface area (Å²) in [6.45, 7) is 2.68. The molecule has 0 saturated carbocycles. The van der Waals surface area contributed by atoms with Crippen molar-refractivity contribution in [1.82, 2.24) is 4.90 Å². The fourth-order valence-electron chi connectivity index (χ4n) is 3.73. The number of benzene rings is 2. The minimum Gasteiger partial charge on any atom is -0.507 e. The minimum atomic E-state index is -0.752. The Kier molecular flexibility index (Phi) is 6.97. The first-order chi connectivity index (χ1) is 14.9. The summed E-state index contributed by atoms with van der Waals surface area (Å²) in [5.74, 6) is -0.564. The van der Waals surface area contributed by atoms with Crippen LogP contribution in [0, 0.1) is 6.92 Å². The number of amides is 1. The van der Waals surface area contributed by atoms with Gasteiger partial charge in [-0.1, -0.05) is 35.9 Å². The maximum Gasteiger partial charge on any atom is 0.295 e. The molecule has 2 aromatic carbocycles. The molecule has 0 spiro atoms. The van der Waals surface area contributed by atoms with Gasteiger partial charge in [-0.25, -0.2) is 0 Å². The topological polar surface area (TPSA) is 85.3 Å². The molecule has 2 aromatic rings. The van der Waals surface area contributed by atoms with Crippen LogP contribution in [0.5, 0.6) is 11.5 Å². The molecule has 164 valence electrons. The maximum atomic E-state index is 13.0. The molecule has 1 atom stereocenters. The third-order valence-corrected chi connectivity index (χ3v) is 5.34. The van der Waals surface area contributed by atoms with Crippen molar-refractivity contribution in [2.24, 2.45) is 0 Å². The Bertz CT molecular complexity index is 996. The lowest BCUT2D eigenvalue weighted by atomic mass is 9.94. The molecule has 3 rings (SSSR count). The molecule has 1 heterocycles. The minimum absolute atomic E-state index is 0.0542. The van der Waals surface area contributed by atoms with Gasteiger partial charge in [-0.05, 0) is 31.0 Å². The molecule has 1 amide bonds. The second-order valence-corrected chi connectivity index (χ2v) is 7.32. The van der Waals surface area contributed by atoms with Crippen molar-refractivity contribution >= 4 is 17.4 Å². The van der Waals surface area contributed by atoms with Crippen molar-refractivity contribution < 1.29 is 28.9 Å². The van der Waals surface area contributed by atoms with Crippen molar-refractivity contribution in [2.45, 2.75) is 19.4 Å². The fourth-order valence-corrected chi connectivity index (χ4v) is 3.73. The fraction of sp³-hybridized carbons (Fsp3) is 0.333. The highest BCUT2D eigenvalue weighted by Gasteiger charge is 2.46. The first-order valence-corrected chi connectivity index (χ1v) is 9.99. The average molecular weight is 425 g/mol.